The Labute approximate surface area is 105 Å². The monoisotopic (exact) mass is 257 g/mol. The Morgan fingerprint density at radius 3 is 2.56 bits per heavy atom. The highest BCUT2D eigenvalue weighted by Gasteiger charge is 2.22. The molecule has 7 nitrogen and oxygen atoms in total. The molecule has 3 amide bonds. The molecule has 1 aliphatic rings. The van der Waals surface area contributed by atoms with E-state index in [4.69, 9.17) is 5.11 Å². The van der Waals surface area contributed by atoms with Gasteiger partial charge in [0.25, 0.3) is 0 Å². The van der Waals surface area contributed by atoms with Gasteiger partial charge in [-0.1, -0.05) is 0 Å². The summed E-state index contributed by atoms with van der Waals surface area (Å²) in [6.07, 6.45) is 3.01. The standard InChI is InChI=1S/C11H19N3O4/c1-7(10(16)17)13-11(18)12-6-2-3-9(15)14-8-4-5-8/h7-8H,2-6H2,1H3,(H,14,15)(H,16,17)(H2,12,13,18)/t7-/m1/s1. The van der Waals surface area contributed by atoms with E-state index >= 15 is 0 Å². The van der Waals surface area contributed by atoms with E-state index in [9.17, 15) is 14.4 Å². The number of amides is 3. The van der Waals surface area contributed by atoms with Crippen molar-refractivity contribution in [3.63, 3.8) is 0 Å². The van der Waals surface area contributed by atoms with Gasteiger partial charge >= 0.3 is 12.0 Å². The number of carboxylic acid groups (broad SMARTS) is 1. The van der Waals surface area contributed by atoms with Crippen molar-refractivity contribution in [1.29, 1.82) is 0 Å². The van der Waals surface area contributed by atoms with Crippen molar-refractivity contribution in [2.24, 2.45) is 0 Å². The topological polar surface area (TPSA) is 108 Å². The van der Waals surface area contributed by atoms with Crippen molar-refractivity contribution in [2.45, 2.75) is 44.7 Å². The molecular formula is C11H19N3O4. The molecule has 102 valence electrons. The average molecular weight is 257 g/mol. The van der Waals surface area contributed by atoms with Crippen LogP contribution in [-0.2, 0) is 9.59 Å². The Morgan fingerprint density at radius 1 is 1.33 bits per heavy atom. The Kier molecular flexibility index (Phi) is 5.41. The van der Waals surface area contributed by atoms with Crippen LogP contribution in [0.15, 0.2) is 0 Å². The van der Waals surface area contributed by atoms with E-state index in [2.05, 4.69) is 16.0 Å². The first-order chi connectivity index (χ1) is 8.49. The summed E-state index contributed by atoms with van der Waals surface area (Å²) in [4.78, 5) is 33.0. The smallest absolute Gasteiger partial charge is 0.325 e. The van der Waals surface area contributed by atoms with Crippen molar-refractivity contribution in [3.8, 4) is 0 Å². The van der Waals surface area contributed by atoms with E-state index in [1.807, 2.05) is 0 Å². The van der Waals surface area contributed by atoms with Crippen LogP contribution in [0.1, 0.15) is 32.6 Å². The molecule has 0 radical (unpaired) electrons. The maximum atomic E-state index is 11.3. The SMILES string of the molecule is C[C@@H](NC(=O)NCCCC(=O)NC1CC1)C(=O)O. The van der Waals surface area contributed by atoms with Crippen molar-refractivity contribution in [3.05, 3.63) is 0 Å². The van der Waals surface area contributed by atoms with Crippen LogP contribution in [0.4, 0.5) is 4.79 Å². The van der Waals surface area contributed by atoms with Crippen LogP contribution in [0, 0.1) is 0 Å². The fourth-order valence-electron chi connectivity index (χ4n) is 1.29. The quantitative estimate of drug-likeness (QED) is 0.474. The average Bonchev–Trinajstić information content (AvgIpc) is 3.08. The largest absolute Gasteiger partial charge is 0.480 e. The lowest BCUT2D eigenvalue weighted by molar-refractivity contribution is -0.138. The molecule has 0 aliphatic heterocycles. The molecule has 0 aromatic heterocycles. The zero-order chi connectivity index (χ0) is 13.5. The lowest BCUT2D eigenvalue weighted by Gasteiger charge is -2.10. The highest BCUT2D eigenvalue weighted by molar-refractivity contribution is 5.82. The number of carbonyl (C=O) groups excluding carboxylic acids is 2. The fraction of sp³-hybridized carbons (Fsp3) is 0.727. The van der Waals surface area contributed by atoms with Crippen molar-refractivity contribution in [1.82, 2.24) is 16.0 Å². The van der Waals surface area contributed by atoms with E-state index in [-0.39, 0.29) is 5.91 Å². The maximum Gasteiger partial charge on any atom is 0.325 e. The number of carboxylic acids is 1. The Bertz CT molecular complexity index is 328. The van der Waals surface area contributed by atoms with E-state index < -0.39 is 18.0 Å². The predicted molar refractivity (Wildman–Crippen MR) is 64.0 cm³/mol. The Morgan fingerprint density at radius 2 is 2.00 bits per heavy atom. The summed E-state index contributed by atoms with van der Waals surface area (Å²) in [6.45, 7) is 1.72. The van der Waals surface area contributed by atoms with Gasteiger partial charge in [-0.15, -0.1) is 0 Å². The molecule has 7 heteroatoms. The van der Waals surface area contributed by atoms with Crippen LogP contribution in [0.2, 0.25) is 0 Å². The number of urea groups is 1. The summed E-state index contributed by atoms with van der Waals surface area (Å²) in [5.74, 6) is -1.09. The number of aliphatic carboxylic acids is 1. The normalized spacial score (nSPS) is 15.6. The van der Waals surface area contributed by atoms with Crippen LogP contribution in [0.25, 0.3) is 0 Å². The number of carbonyl (C=O) groups is 3. The molecule has 0 heterocycles. The minimum atomic E-state index is -1.09. The molecule has 1 atom stereocenters. The van der Waals surface area contributed by atoms with Gasteiger partial charge in [-0.05, 0) is 26.2 Å². The maximum absolute atomic E-state index is 11.3. The molecule has 18 heavy (non-hydrogen) atoms. The van der Waals surface area contributed by atoms with E-state index in [1.165, 1.54) is 6.92 Å². The van der Waals surface area contributed by atoms with E-state index in [0.717, 1.165) is 12.8 Å². The van der Waals surface area contributed by atoms with Gasteiger partial charge in [0.15, 0.2) is 0 Å². The van der Waals surface area contributed by atoms with Gasteiger partial charge in [0, 0.05) is 19.0 Å². The number of hydrogen-bond donors (Lipinski definition) is 4. The summed E-state index contributed by atoms with van der Waals surface area (Å²) in [6, 6.07) is -1.11. The Hall–Kier alpha value is -1.79. The molecule has 1 rings (SSSR count). The molecule has 1 saturated carbocycles. The summed E-state index contributed by atoms with van der Waals surface area (Å²) in [5.41, 5.74) is 0. The van der Waals surface area contributed by atoms with Crippen LogP contribution in [-0.4, -0.2) is 41.6 Å². The number of hydrogen-bond acceptors (Lipinski definition) is 3. The zero-order valence-electron chi connectivity index (χ0n) is 10.4. The second kappa shape index (κ2) is 6.83. The zero-order valence-corrected chi connectivity index (χ0v) is 10.4. The third-order valence-corrected chi connectivity index (χ3v) is 2.53. The number of nitrogens with one attached hydrogen (secondary N) is 3. The first kappa shape index (κ1) is 14.3. The first-order valence-corrected chi connectivity index (χ1v) is 6.05. The van der Waals surface area contributed by atoms with Gasteiger partial charge in [0.05, 0.1) is 0 Å². The van der Waals surface area contributed by atoms with Crippen LogP contribution >= 0.6 is 0 Å². The van der Waals surface area contributed by atoms with Crippen LogP contribution in [0.3, 0.4) is 0 Å². The first-order valence-electron chi connectivity index (χ1n) is 6.05. The second-order valence-corrected chi connectivity index (χ2v) is 4.41. The molecular weight excluding hydrogens is 238 g/mol. The highest BCUT2D eigenvalue weighted by Crippen LogP contribution is 2.18. The van der Waals surface area contributed by atoms with Gasteiger partial charge in [-0.3, -0.25) is 9.59 Å². The molecule has 4 N–H and O–H groups in total. The summed E-state index contributed by atoms with van der Waals surface area (Å²) >= 11 is 0. The number of rotatable bonds is 7. The van der Waals surface area contributed by atoms with Gasteiger partial charge in [0.1, 0.15) is 6.04 Å². The summed E-state index contributed by atoms with van der Waals surface area (Å²) in [5, 5.41) is 16.2. The summed E-state index contributed by atoms with van der Waals surface area (Å²) in [7, 11) is 0. The third kappa shape index (κ3) is 6.07. The molecule has 0 unspecified atom stereocenters. The predicted octanol–water partition coefficient (Wildman–Crippen LogP) is -0.182. The van der Waals surface area contributed by atoms with Gasteiger partial charge in [0.2, 0.25) is 5.91 Å². The second-order valence-electron chi connectivity index (χ2n) is 4.41. The van der Waals surface area contributed by atoms with E-state index in [1.54, 1.807) is 0 Å². The fourth-order valence-corrected chi connectivity index (χ4v) is 1.29. The molecule has 0 bridgehead atoms. The van der Waals surface area contributed by atoms with Crippen molar-refractivity contribution >= 4 is 17.9 Å². The molecule has 0 aromatic rings. The van der Waals surface area contributed by atoms with E-state index in [0.29, 0.717) is 25.4 Å². The lowest BCUT2D eigenvalue weighted by Crippen LogP contribution is -2.44. The summed E-state index contributed by atoms with van der Waals surface area (Å²) < 4.78 is 0. The molecule has 0 aromatic carbocycles. The van der Waals surface area contributed by atoms with Gasteiger partial charge in [-0.25, -0.2) is 4.79 Å². The molecule has 1 fully saturated rings. The Balaban J connectivity index is 2.00. The van der Waals surface area contributed by atoms with Crippen molar-refractivity contribution < 1.29 is 19.5 Å². The van der Waals surface area contributed by atoms with Crippen molar-refractivity contribution in [2.75, 3.05) is 6.54 Å². The highest BCUT2D eigenvalue weighted by atomic mass is 16.4. The molecule has 0 spiro atoms. The van der Waals surface area contributed by atoms with Crippen LogP contribution < -0.4 is 16.0 Å². The third-order valence-electron chi connectivity index (χ3n) is 2.53. The van der Waals surface area contributed by atoms with Gasteiger partial charge < -0.3 is 21.1 Å². The molecule has 0 saturated heterocycles. The van der Waals surface area contributed by atoms with Gasteiger partial charge in [-0.2, -0.15) is 0 Å². The van der Waals surface area contributed by atoms with Crippen LogP contribution in [0.5, 0.6) is 0 Å². The molecule has 1 aliphatic carbocycles. The minimum Gasteiger partial charge on any atom is -0.480 e. The minimum absolute atomic E-state index is 0.00129. The lowest BCUT2D eigenvalue weighted by atomic mass is 10.3.